The van der Waals surface area contributed by atoms with E-state index >= 15 is 0 Å². The highest BCUT2D eigenvalue weighted by Crippen LogP contribution is 2.62. The summed E-state index contributed by atoms with van der Waals surface area (Å²) >= 11 is 0. The monoisotopic (exact) mass is 643 g/mol. The summed E-state index contributed by atoms with van der Waals surface area (Å²) in [5.74, 6) is 0.215. The molecule has 5 nitrogen and oxygen atoms in total. The minimum atomic E-state index is -4.39. The topological polar surface area (TPSA) is 49.8 Å². The van der Waals surface area contributed by atoms with Crippen molar-refractivity contribution in [1.29, 1.82) is 0 Å². The van der Waals surface area contributed by atoms with Gasteiger partial charge in [-0.15, -0.1) is 0 Å². The Balaban J connectivity index is 1.46. The molecule has 0 N–H and O–H groups in total. The van der Waals surface area contributed by atoms with Gasteiger partial charge in [-0.1, -0.05) is 39.3 Å². The van der Waals surface area contributed by atoms with Crippen molar-refractivity contribution in [2.45, 2.75) is 127 Å². The normalized spacial score (nSPS) is 26.5. The van der Waals surface area contributed by atoms with Gasteiger partial charge in [-0.2, -0.15) is 13.2 Å². The van der Waals surface area contributed by atoms with Crippen molar-refractivity contribution >= 4 is 8.32 Å². The second-order valence-corrected chi connectivity index (χ2v) is 20.6. The average Bonchev–Trinajstić information content (AvgIpc) is 3.29. The number of hydrogen-bond acceptors (Lipinski definition) is 5. The predicted molar refractivity (Wildman–Crippen MR) is 169 cm³/mol. The zero-order valence-electron chi connectivity index (χ0n) is 27.4. The number of alkyl halides is 3. The minimum absolute atomic E-state index is 0.0473. The lowest BCUT2D eigenvalue weighted by molar-refractivity contribution is -0.137. The lowest BCUT2D eigenvalue weighted by Crippen LogP contribution is -2.47. The standard InChI is InChI=1S/C36H48F3NO4Si/c1-33(2,3)45(4,5)44-27-22-34(13-6-14-34)21-26-28(27)30-29(31(40-26)23-11-17-41-18-12-23)32(43-35(30)15-19-42-20-16-35)24-7-9-25(10-8-24)36(37,38)39/h7-10,23,27,32H,6,11-22H2,1-5H3. The summed E-state index contributed by atoms with van der Waals surface area (Å²) in [6.07, 6.45) is 3.82. The first-order valence-corrected chi connectivity index (χ1v) is 19.9. The first-order valence-electron chi connectivity index (χ1n) is 17.0. The molecule has 9 heteroatoms. The molecule has 1 aromatic heterocycles. The smallest absolute Gasteiger partial charge is 0.410 e. The lowest BCUT2D eigenvalue weighted by Gasteiger charge is -2.51. The third-order valence-corrected chi connectivity index (χ3v) is 16.5. The van der Waals surface area contributed by atoms with Crippen molar-refractivity contribution in [3.8, 4) is 0 Å². The van der Waals surface area contributed by atoms with Gasteiger partial charge in [0.1, 0.15) is 6.10 Å². The zero-order chi connectivity index (χ0) is 31.8. The van der Waals surface area contributed by atoms with Crippen LogP contribution in [-0.4, -0.2) is 39.7 Å². The van der Waals surface area contributed by atoms with E-state index in [4.69, 9.17) is 23.6 Å². The molecule has 5 aliphatic rings. The van der Waals surface area contributed by atoms with Crippen molar-refractivity contribution in [2.24, 2.45) is 5.41 Å². The van der Waals surface area contributed by atoms with E-state index in [2.05, 4.69) is 33.9 Å². The van der Waals surface area contributed by atoms with Crippen LogP contribution >= 0.6 is 0 Å². The number of ether oxygens (including phenoxy) is 3. The maximum absolute atomic E-state index is 13.6. The zero-order valence-corrected chi connectivity index (χ0v) is 28.4. The van der Waals surface area contributed by atoms with Crippen LogP contribution in [0.4, 0.5) is 13.2 Å². The molecule has 1 aromatic carbocycles. The van der Waals surface area contributed by atoms with Gasteiger partial charge in [0.2, 0.25) is 0 Å². The van der Waals surface area contributed by atoms with Crippen molar-refractivity contribution in [1.82, 2.24) is 4.98 Å². The fourth-order valence-corrected chi connectivity index (χ4v) is 9.58. The molecule has 246 valence electrons. The van der Waals surface area contributed by atoms with E-state index in [9.17, 15) is 13.2 Å². The van der Waals surface area contributed by atoms with Crippen LogP contribution in [0.5, 0.6) is 0 Å². The van der Waals surface area contributed by atoms with Gasteiger partial charge in [0, 0.05) is 62.0 Å². The van der Waals surface area contributed by atoms with E-state index in [0.29, 0.717) is 39.3 Å². The highest BCUT2D eigenvalue weighted by atomic mass is 28.4. The second kappa shape index (κ2) is 11.1. The van der Waals surface area contributed by atoms with Gasteiger partial charge >= 0.3 is 6.18 Å². The molecule has 1 saturated carbocycles. The Hall–Kier alpha value is -1.78. The van der Waals surface area contributed by atoms with Gasteiger partial charge in [-0.25, -0.2) is 0 Å². The van der Waals surface area contributed by atoms with E-state index < -0.39 is 31.8 Å². The lowest BCUT2D eigenvalue weighted by atomic mass is 9.58. The van der Waals surface area contributed by atoms with Crippen LogP contribution in [0.2, 0.25) is 18.1 Å². The SMILES string of the molecule is CC(C)(C)[Si](C)(C)OC1CC2(CCC2)Cc2nc(C3CCOCC3)c3c(c21)C1(CCOCC1)OC3c1ccc(C(F)(F)F)cc1. The molecule has 2 aliphatic carbocycles. The van der Waals surface area contributed by atoms with Crippen LogP contribution < -0.4 is 0 Å². The molecule has 0 bridgehead atoms. The van der Waals surface area contributed by atoms with Gasteiger partial charge in [-0.3, -0.25) is 4.98 Å². The molecule has 0 amide bonds. The minimum Gasteiger partial charge on any atom is -0.410 e. The first kappa shape index (κ1) is 31.8. The molecule has 2 saturated heterocycles. The fourth-order valence-electron chi connectivity index (χ4n) is 8.31. The Morgan fingerprint density at radius 1 is 0.889 bits per heavy atom. The van der Waals surface area contributed by atoms with Crippen LogP contribution in [-0.2, 0) is 36.8 Å². The number of halogens is 3. The van der Waals surface area contributed by atoms with Gasteiger partial charge in [0.05, 0.1) is 23.0 Å². The molecule has 2 spiro atoms. The molecule has 2 aromatic rings. The summed E-state index contributed by atoms with van der Waals surface area (Å²) in [5.41, 5.74) is 5.50. The summed E-state index contributed by atoms with van der Waals surface area (Å²) in [5, 5.41) is 0.0473. The number of rotatable bonds is 4. The number of nitrogens with zero attached hydrogens (tertiary/aromatic N) is 1. The number of aromatic nitrogens is 1. The Morgan fingerprint density at radius 3 is 2.11 bits per heavy atom. The van der Waals surface area contributed by atoms with E-state index in [1.165, 1.54) is 48.2 Å². The van der Waals surface area contributed by atoms with Crippen molar-refractivity contribution in [3.63, 3.8) is 0 Å². The quantitative estimate of drug-likeness (QED) is 0.311. The second-order valence-electron chi connectivity index (χ2n) is 15.9. The van der Waals surface area contributed by atoms with E-state index in [1.54, 1.807) is 12.1 Å². The summed E-state index contributed by atoms with van der Waals surface area (Å²) in [4.78, 5) is 5.63. The van der Waals surface area contributed by atoms with Gasteiger partial charge in [-0.05, 0) is 85.3 Å². The van der Waals surface area contributed by atoms with E-state index in [0.717, 1.165) is 42.5 Å². The van der Waals surface area contributed by atoms with Gasteiger partial charge in [0.25, 0.3) is 0 Å². The van der Waals surface area contributed by atoms with Crippen LogP contribution in [0.1, 0.15) is 129 Å². The summed E-state index contributed by atoms with van der Waals surface area (Å²) in [6, 6.07) is 5.60. The predicted octanol–water partition coefficient (Wildman–Crippen LogP) is 9.30. The molecule has 4 heterocycles. The number of hydrogen-bond donors (Lipinski definition) is 0. The van der Waals surface area contributed by atoms with Crippen LogP contribution in [0.15, 0.2) is 24.3 Å². The Bertz CT molecular complexity index is 1420. The van der Waals surface area contributed by atoms with Crippen LogP contribution in [0.25, 0.3) is 0 Å². The Labute approximate surface area is 266 Å². The summed E-state index contributed by atoms with van der Waals surface area (Å²) in [7, 11) is -2.17. The van der Waals surface area contributed by atoms with Crippen molar-refractivity contribution in [3.05, 3.63) is 63.5 Å². The summed E-state index contributed by atoms with van der Waals surface area (Å²) < 4.78 is 67.1. The van der Waals surface area contributed by atoms with Crippen LogP contribution in [0.3, 0.4) is 0 Å². The highest BCUT2D eigenvalue weighted by molar-refractivity contribution is 6.74. The van der Waals surface area contributed by atoms with Gasteiger partial charge < -0.3 is 18.6 Å². The molecule has 7 rings (SSSR count). The highest BCUT2D eigenvalue weighted by Gasteiger charge is 2.55. The largest absolute Gasteiger partial charge is 0.416 e. The summed E-state index contributed by atoms with van der Waals surface area (Å²) in [6.45, 7) is 14.1. The average molecular weight is 644 g/mol. The first-order chi connectivity index (χ1) is 21.2. The van der Waals surface area contributed by atoms with E-state index in [-0.39, 0.29) is 22.5 Å². The molecule has 2 atom stereocenters. The third-order valence-electron chi connectivity index (χ3n) is 12.0. The number of benzene rings is 1. The number of pyridine rings is 1. The Morgan fingerprint density at radius 2 is 1.53 bits per heavy atom. The van der Waals surface area contributed by atoms with Crippen molar-refractivity contribution in [2.75, 3.05) is 26.4 Å². The molecule has 2 unspecified atom stereocenters. The molecular formula is C36H48F3NO4Si. The fraction of sp³-hybridized carbons (Fsp3) is 0.694. The molecular weight excluding hydrogens is 595 g/mol. The molecule has 0 radical (unpaired) electrons. The Kier molecular flexibility index (Phi) is 7.88. The third kappa shape index (κ3) is 5.52. The van der Waals surface area contributed by atoms with Crippen LogP contribution in [0, 0.1) is 5.41 Å². The maximum atomic E-state index is 13.6. The molecule has 3 fully saturated rings. The van der Waals surface area contributed by atoms with E-state index in [1.807, 2.05) is 0 Å². The molecule has 3 aliphatic heterocycles. The van der Waals surface area contributed by atoms with Crippen molar-refractivity contribution < 1.29 is 31.8 Å². The molecule has 45 heavy (non-hydrogen) atoms. The van der Waals surface area contributed by atoms with Gasteiger partial charge in [0.15, 0.2) is 8.32 Å². The maximum Gasteiger partial charge on any atom is 0.416 e. The number of fused-ring (bicyclic) bond motifs is 4.